The predicted molar refractivity (Wildman–Crippen MR) is 120 cm³/mol. The number of rotatable bonds is 7. The van der Waals surface area contributed by atoms with Gasteiger partial charge in [0.25, 0.3) is 0 Å². The van der Waals surface area contributed by atoms with Gasteiger partial charge in [-0.05, 0) is 42.8 Å². The Hall–Kier alpha value is -2.17. The molecule has 5 nitrogen and oxygen atoms in total. The maximum absolute atomic E-state index is 13.5. The molecular weight excluding hydrogens is 459 g/mol. The number of oxime groups is 1. The summed E-state index contributed by atoms with van der Waals surface area (Å²) >= 11 is 0. The Labute approximate surface area is 188 Å². The van der Waals surface area contributed by atoms with Crippen LogP contribution in [0.1, 0.15) is 37.5 Å². The highest BCUT2D eigenvalue weighted by molar-refractivity contribution is 7.86. The number of hydrogen-bond donors (Lipinski definition) is 0. The highest BCUT2D eigenvalue weighted by Crippen LogP contribution is 2.37. The van der Waals surface area contributed by atoms with Crippen LogP contribution < -0.4 is 0 Å². The molecular formula is C22H28F3NO4SSi. The van der Waals surface area contributed by atoms with E-state index in [0.29, 0.717) is 5.56 Å². The Kier molecular flexibility index (Phi) is 7.63. The number of benzene rings is 2. The average Bonchev–Trinajstić information content (AvgIpc) is 2.66. The van der Waals surface area contributed by atoms with Crippen LogP contribution in [-0.4, -0.2) is 28.6 Å². The highest BCUT2D eigenvalue weighted by atomic mass is 32.2. The van der Waals surface area contributed by atoms with E-state index in [4.69, 9.17) is 4.43 Å². The van der Waals surface area contributed by atoms with Crippen LogP contribution >= 0.6 is 0 Å². The van der Waals surface area contributed by atoms with Gasteiger partial charge in [-0.15, -0.1) is 0 Å². The van der Waals surface area contributed by atoms with Crippen LogP contribution in [0.3, 0.4) is 0 Å². The van der Waals surface area contributed by atoms with Crippen molar-refractivity contribution in [1.82, 2.24) is 0 Å². The van der Waals surface area contributed by atoms with Crippen LogP contribution in [0, 0.1) is 6.92 Å². The summed E-state index contributed by atoms with van der Waals surface area (Å²) in [6.45, 7) is 12.5. The van der Waals surface area contributed by atoms with Crippen molar-refractivity contribution in [1.29, 1.82) is 0 Å². The van der Waals surface area contributed by atoms with Crippen molar-refractivity contribution in [2.75, 3.05) is 0 Å². The van der Waals surface area contributed by atoms with Gasteiger partial charge in [0.2, 0.25) is 0 Å². The monoisotopic (exact) mass is 487 g/mol. The first-order valence-corrected chi connectivity index (χ1v) is 14.2. The molecule has 0 amide bonds. The minimum Gasteiger partial charge on any atom is -0.413 e. The molecule has 0 aliphatic rings. The maximum Gasteiger partial charge on any atom is 0.437 e. The number of hydrogen-bond acceptors (Lipinski definition) is 5. The first kappa shape index (κ1) is 26.1. The predicted octanol–water partition coefficient (Wildman–Crippen LogP) is 6.19. The molecule has 10 heteroatoms. The van der Waals surface area contributed by atoms with Gasteiger partial charge in [0.05, 0.1) is 6.61 Å². The Bertz CT molecular complexity index is 1060. The van der Waals surface area contributed by atoms with Gasteiger partial charge in [-0.2, -0.15) is 21.6 Å². The molecule has 0 saturated heterocycles. The SMILES string of the molecule is Cc1ccc(S(=O)(=O)O/N=C(\c2ccc(CO[Si](C)(C)C(C)(C)C)cc2)C(F)(F)F)cc1. The second-order valence-electron chi connectivity index (χ2n) is 9.03. The number of alkyl halides is 3. The summed E-state index contributed by atoms with van der Waals surface area (Å²) in [5, 5.41) is 2.97. The van der Waals surface area contributed by atoms with Crippen LogP contribution in [0.5, 0.6) is 0 Å². The van der Waals surface area contributed by atoms with E-state index in [-0.39, 0.29) is 22.1 Å². The summed E-state index contributed by atoms with van der Waals surface area (Å²) < 4.78 is 75.5. The van der Waals surface area contributed by atoms with E-state index in [1.165, 1.54) is 48.5 Å². The lowest BCUT2D eigenvalue weighted by Gasteiger charge is -2.36. The fourth-order valence-electron chi connectivity index (χ4n) is 2.34. The van der Waals surface area contributed by atoms with Crippen LogP contribution in [0.25, 0.3) is 0 Å². The molecule has 0 radical (unpaired) electrons. The third-order valence-corrected chi connectivity index (χ3v) is 11.0. The van der Waals surface area contributed by atoms with Crippen LogP contribution in [0.4, 0.5) is 13.2 Å². The van der Waals surface area contributed by atoms with Gasteiger partial charge in [0.15, 0.2) is 14.0 Å². The van der Waals surface area contributed by atoms with Crippen molar-refractivity contribution < 1.29 is 30.3 Å². The van der Waals surface area contributed by atoms with Gasteiger partial charge >= 0.3 is 16.3 Å². The molecule has 0 aliphatic heterocycles. The summed E-state index contributed by atoms with van der Waals surface area (Å²) in [6, 6.07) is 10.9. The zero-order chi connectivity index (χ0) is 24.4. The summed E-state index contributed by atoms with van der Waals surface area (Å²) in [4.78, 5) is -0.286. The molecule has 0 N–H and O–H groups in total. The van der Waals surface area contributed by atoms with Crippen molar-refractivity contribution in [2.45, 2.75) is 63.5 Å². The van der Waals surface area contributed by atoms with Gasteiger partial charge in [0.1, 0.15) is 4.90 Å². The molecule has 2 aromatic rings. The van der Waals surface area contributed by atoms with E-state index in [0.717, 1.165) is 5.56 Å². The summed E-state index contributed by atoms with van der Waals surface area (Å²) in [6.07, 6.45) is -4.91. The van der Waals surface area contributed by atoms with E-state index in [2.05, 4.69) is 43.3 Å². The molecule has 0 spiro atoms. The quantitative estimate of drug-likeness (QED) is 0.265. The fourth-order valence-corrected chi connectivity index (χ4v) is 4.03. The smallest absolute Gasteiger partial charge is 0.413 e. The molecule has 2 rings (SSSR count). The highest BCUT2D eigenvalue weighted by Gasteiger charge is 2.39. The molecule has 0 bridgehead atoms. The molecule has 0 saturated carbocycles. The lowest BCUT2D eigenvalue weighted by Crippen LogP contribution is -2.40. The lowest BCUT2D eigenvalue weighted by atomic mass is 10.1. The molecule has 0 heterocycles. The van der Waals surface area contributed by atoms with Gasteiger partial charge < -0.3 is 4.43 Å². The number of aryl methyl sites for hydroxylation is 1. The van der Waals surface area contributed by atoms with Gasteiger partial charge in [-0.1, -0.05) is 67.9 Å². The van der Waals surface area contributed by atoms with E-state index < -0.39 is 30.3 Å². The largest absolute Gasteiger partial charge is 0.437 e. The zero-order valence-electron chi connectivity index (χ0n) is 18.9. The average molecular weight is 488 g/mol. The second kappa shape index (κ2) is 9.36. The summed E-state index contributed by atoms with van der Waals surface area (Å²) in [5.74, 6) is 0. The normalized spacial score (nSPS) is 13.8. The molecule has 176 valence electrons. The molecule has 0 atom stereocenters. The lowest BCUT2D eigenvalue weighted by molar-refractivity contribution is -0.0597. The maximum atomic E-state index is 13.5. The second-order valence-corrected chi connectivity index (χ2v) is 15.4. The van der Waals surface area contributed by atoms with Gasteiger partial charge in [-0.25, -0.2) is 0 Å². The van der Waals surface area contributed by atoms with Crippen molar-refractivity contribution in [2.24, 2.45) is 5.16 Å². The standard InChI is InChI=1S/C22H28F3NO4SSi/c1-16-7-13-19(14-8-16)31(27,28)30-26-20(22(23,24)25)18-11-9-17(10-12-18)15-29-32(5,6)21(2,3)4/h7-14H,15H2,1-6H3/b26-20+. The molecule has 0 fully saturated rings. The van der Waals surface area contributed by atoms with Crippen molar-refractivity contribution in [3.05, 3.63) is 65.2 Å². The van der Waals surface area contributed by atoms with Crippen LogP contribution in [0.2, 0.25) is 18.1 Å². The molecule has 32 heavy (non-hydrogen) atoms. The topological polar surface area (TPSA) is 65.0 Å². The minimum absolute atomic E-state index is 0.00331. The Morgan fingerprint density at radius 2 is 1.50 bits per heavy atom. The summed E-state index contributed by atoms with van der Waals surface area (Å²) in [7, 11) is -6.50. The van der Waals surface area contributed by atoms with Gasteiger partial charge in [-0.3, -0.25) is 4.28 Å². The van der Waals surface area contributed by atoms with Crippen molar-refractivity contribution >= 4 is 24.1 Å². The van der Waals surface area contributed by atoms with E-state index >= 15 is 0 Å². The minimum atomic E-state index is -4.91. The van der Waals surface area contributed by atoms with Crippen LogP contribution in [-0.2, 0) is 25.4 Å². The molecule has 2 aromatic carbocycles. The first-order valence-electron chi connectivity index (χ1n) is 9.92. The third kappa shape index (κ3) is 6.66. The Balaban J connectivity index is 2.24. The van der Waals surface area contributed by atoms with E-state index in [1.807, 2.05) is 0 Å². The Morgan fingerprint density at radius 3 is 1.97 bits per heavy atom. The van der Waals surface area contributed by atoms with E-state index in [9.17, 15) is 21.6 Å². The zero-order valence-corrected chi connectivity index (χ0v) is 20.8. The molecule has 0 aliphatic carbocycles. The first-order chi connectivity index (χ1) is 14.5. The molecule has 0 unspecified atom stereocenters. The van der Waals surface area contributed by atoms with Crippen molar-refractivity contribution in [3.8, 4) is 0 Å². The van der Waals surface area contributed by atoms with Gasteiger partial charge in [0, 0.05) is 5.56 Å². The summed E-state index contributed by atoms with van der Waals surface area (Å²) in [5.41, 5.74) is -0.257. The van der Waals surface area contributed by atoms with Crippen molar-refractivity contribution in [3.63, 3.8) is 0 Å². The number of nitrogens with zero attached hydrogens (tertiary/aromatic N) is 1. The number of halogens is 3. The van der Waals surface area contributed by atoms with E-state index in [1.54, 1.807) is 6.92 Å². The fraction of sp³-hybridized carbons (Fsp3) is 0.409. The molecule has 0 aromatic heterocycles. The van der Waals surface area contributed by atoms with Crippen LogP contribution in [0.15, 0.2) is 58.6 Å². The third-order valence-electron chi connectivity index (χ3n) is 5.44. The Morgan fingerprint density at radius 1 is 0.969 bits per heavy atom.